The van der Waals surface area contributed by atoms with E-state index in [0.29, 0.717) is 6.42 Å². The minimum Gasteiger partial charge on any atom is -0.344 e. The Labute approximate surface area is 130 Å². The molecule has 0 saturated carbocycles. The molecule has 1 amide bonds. The first-order valence-electron chi connectivity index (χ1n) is 7.84. The highest BCUT2D eigenvalue weighted by Crippen LogP contribution is 2.30. The number of rotatable bonds is 4. The summed E-state index contributed by atoms with van der Waals surface area (Å²) in [4.78, 5) is 22.2. The first kappa shape index (κ1) is 14.8. The molecule has 1 N–H and O–H groups in total. The molecule has 6 heteroatoms. The number of imidazole rings is 1. The molecule has 2 aromatic heterocycles. The van der Waals surface area contributed by atoms with Crippen molar-refractivity contribution in [2.75, 3.05) is 6.54 Å². The number of aromatic amines is 1. The molecule has 0 aromatic carbocycles. The molecule has 118 valence electrons. The van der Waals surface area contributed by atoms with E-state index >= 15 is 0 Å². The Balaban J connectivity index is 1.65. The Kier molecular flexibility index (Phi) is 4.00. The number of nitrogens with zero attached hydrogens (tertiary/aromatic N) is 4. The zero-order valence-corrected chi connectivity index (χ0v) is 13.5. The predicted molar refractivity (Wildman–Crippen MR) is 83.3 cm³/mol. The molecule has 6 nitrogen and oxygen atoms in total. The molecular weight excluding hydrogens is 278 g/mol. The summed E-state index contributed by atoms with van der Waals surface area (Å²) >= 11 is 0. The van der Waals surface area contributed by atoms with Crippen molar-refractivity contribution in [3.05, 3.63) is 35.2 Å². The molecule has 0 aliphatic carbocycles. The fourth-order valence-corrected chi connectivity index (χ4v) is 3.13. The largest absolute Gasteiger partial charge is 0.344 e. The molecule has 1 atom stereocenters. The van der Waals surface area contributed by atoms with Gasteiger partial charge in [0.2, 0.25) is 5.91 Å². The summed E-state index contributed by atoms with van der Waals surface area (Å²) in [6.07, 6.45) is 7.00. The van der Waals surface area contributed by atoms with Gasteiger partial charge in [-0.05, 0) is 38.7 Å². The fraction of sp³-hybridized carbons (Fsp3) is 0.562. The number of hydrogen-bond acceptors (Lipinski definition) is 3. The molecule has 1 saturated heterocycles. The third kappa shape index (κ3) is 2.77. The van der Waals surface area contributed by atoms with Gasteiger partial charge in [0, 0.05) is 37.6 Å². The third-order valence-corrected chi connectivity index (χ3v) is 4.56. The van der Waals surface area contributed by atoms with Gasteiger partial charge in [0.15, 0.2) is 0 Å². The van der Waals surface area contributed by atoms with Crippen molar-refractivity contribution in [3.63, 3.8) is 0 Å². The summed E-state index contributed by atoms with van der Waals surface area (Å²) in [5.41, 5.74) is 3.33. The minimum absolute atomic E-state index is 0.108. The van der Waals surface area contributed by atoms with E-state index in [4.69, 9.17) is 0 Å². The number of H-pyrrole nitrogens is 1. The summed E-state index contributed by atoms with van der Waals surface area (Å²) in [6, 6.07) is 0.108. The van der Waals surface area contributed by atoms with E-state index in [1.54, 1.807) is 0 Å². The third-order valence-electron chi connectivity index (χ3n) is 4.56. The smallest absolute Gasteiger partial charge is 0.223 e. The maximum atomic E-state index is 12.6. The van der Waals surface area contributed by atoms with Crippen LogP contribution in [0.1, 0.15) is 48.1 Å². The number of nitrogens with one attached hydrogen (secondary N) is 1. The molecule has 0 spiro atoms. The van der Waals surface area contributed by atoms with E-state index in [1.807, 2.05) is 42.9 Å². The van der Waals surface area contributed by atoms with E-state index in [9.17, 15) is 4.79 Å². The van der Waals surface area contributed by atoms with Crippen molar-refractivity contribution < 1.29 is 4.79 Å². The second kappa shape index (κ2) is 5.94. The van der Waals surface area contributed by atoms with Crippen LogP contribution in [-0.2, 0) is 18.3 Å². The number of carbonyl (C=O) groups excluding carboxylic acids is 1. The van der Waals surface area contributed by atoms with E-state index in [2.05, 4.69) is 15.1 Å². The van der Waals surface area contributed by atoms with Gasteiger partial charge in [0.05, 0.1) is 12.2 Å². The van der Waals surface area contributed by atoms with Crippen LogP contribution >= 0.6 is 0 Å². The number of aryl methyl sites for hydroxylation is 3. The Hall–Kier alpha value is -2.11. The standard InChI is InChI=1S/C16H23N5O/c1-11-9-17-16(19-11)14-5-4-8-21(14)15(22)7-6-13-10-18-20(3)12(13)2/h9-10,14H,4-8H2,1-3H3,(H,17,19)/t14-/m1/s1. The van der Waals surface area contributed by atoms with Crippen LogP contribution in [0.15, 0.2) is 12.4 Å². The number of carbonyl (C=O) groups is 1. The lowest BCUT2D eigenvalue weighted by molar-refractivity contribution is -0.132. The van der Waals surface area contributed by atoms with Gasteiger partial charge in [-0.1, -0.05) is 0 Å². The van der Waals surface area contributed by atoms with Crippen LogP contribution in [0.2, 0.25) is 0 Å². The maximum absolute atomic E-state index is 12.6. The molecular formula is C16H23N5O. The fourth-order valence-electron chi connectivity index (χ4n) is 3.13. The van der Waals surface area contributed by atoms with Crippen molar-refractivity contribution in [1.29, 1.82) is 0 Å². The Morgan fingerprint density at radius 3 is 2.86 bits per heavy atom. The van der Waals surface area contributed by atoms with Crippen molar-refractivity contribution in [2.24, 2.45) is 7.05 Å². The molecule has 1 aliphatic heterocycles. The lowest BCUT2D eigenvalue weighted by Crippen LogP contribution is -2.31. The van der Waals surface area contributed by atoms with Crippen LogP contribution in [0.3, 0.4) is 0 Å². The van der Waals surface area contributed by atoms with Gasteiger partial charge in [0.25, 0.3) is 0 Å². The van der Waals surface area contributed by atoms with Crippen LogP contribution in [0.4, 0.5) is 0 Å². The lowest BCUT2D eigenvalue weighted by Gasteiger charge is -2.23. The van der Waals surface area contributed by atoms with Crippen LogP contribution in [0, 0.1) is 13.8 Å². The molecule has 22 heavy (non-hydrogen) atoms. The van der Waals surface area contributed by atoms with Gasteiger partial charge < -0.3 is 9.88 Å². The summed E-state index contributed by atoms with van der Waals surface area (Å²) in [5.74, 6) is 1.13. The van der Waals surface area contributed by atoms with E-state index in [-0.39, 0.29) is 11.9 Å². The topological polar surface area (TPSA) is 66.8 Å². The zero-order valence-electron chi connectivity index (χ0n) is 13.5. The quantitative estimate of drug-likeness (QED) is 0.940. The highest BCUT2D eigenvalue weighted by atomic mass is 16.2. The van der Waals surface area contributed by atoms with E-state index in [0.717, 1.165) is 48.6 Å². The zero-order chi connectivity index (χ0) is 15.7. The van der Waals surface area contributed by atoms with Crippen LogP contribution in [-0.4, -0.2) is 37.1 Å². The van der Waals surface area contributed by atoms with Gasteiger partial charge in [0.1, 0.15) is 5.82 Å². The van der Waals surface area contributed by atoms with E-state index < -0.39 is 0 Å². The number of hydrogen-bond donors (Lipinski definition) is 1. The minimum atomic E-state index is 0.108. The molecule has 3 heterocycles. The van der Waals surface area contributed by atoms with Crippen molar-refractivity contribution in [3.8, 4) is 0 Å². The molecule has 2 aromatic rings. The van der Waals surface area contributed by atoms with Gasteiger partial charge in [-0.25, -0.2) is 4.98 Å². The SMILES string of the molecule is Cc1cnc([C@H]2CCCN2C(=O)CCc2cnn(C)c2C)[nH]1. The molecule has 3 rings (SSSR count). The van der Waals surface area contributed by atoms with Crippen molar-refractivity contribution in [1.82, 2.24) is 24.6 Å². The molecule has 0 unspecified atom stereocenters. The first-order valence-corrected chi connectivity index (χ1v) is 7.84. The second-order valence-corrected chi connectivity index (χ2v) is 6.08. The van der Waals surface area contributed by atoms with E-state index in [1.165, 1.54) is 0 Å². The molecule has 0 bridgehead atoms. The average molecular weight is 301 g/mol. The van der Waals surface area contributed by atoms with Crippen LogP contribution in [0.5, 0.6) is 0 Å². The average Bonchev–Trinajstić information content (AvgIpc) is 3.19. The van der Waals surface area contributed by atoms with Gasteiger partial charge in [-0.2, -0.15) is 5.10 Å². The van der Waals surface area contributed by atoms with Gasteiger partial charge >= 0.3 is 0 Å². The highest BCUT2D eigenvalue weighted by Gasteiger charge is 2.31. The lowest BCUT2D eigenvalue weighted by atomic mass is 10.1. The highest BCUT2D eigenvalue weighted by molar-refractivity contribution is 5.77. The summed E-state index contributed by atoms with van der Waals surface area (Å²) in [7, 11) is 1.93. The summed E-state index contributed by atoms with van der Waals surface area (Å²) in [6.45, 7) is 4.86. The molecule has 0 radical (unpaired) electrons. The Morgan fingerprint density at radius 1 is 1.41 bits per heavy atom. The van der Waals surface area contributed by atoms with Gasteiger partial charge in [-0.15, -0.1) is 0 Å². The first-order chi connectivity index (χ1) is 10.6. The Morgan fingerprint density at radius 2 is 2.23 bits per heavy atom. The second-order valence-electron chi connectivity index (χ2n) is 6.08. The normalized spacial score (nSPS) is 18.1. The van der Waals surface area contributed by atoms with Crippen molar-refractivity contribution >= 4 is 5.91 Å². The molecule has 1 aliphatic rings. The maximum Gasteiger partial charge on any atom is 0.223 e. The van der Waals surface area contributed by atoms with Gasteiger partial charge in [-0.3, -0.25) is 9.48 Å². The predicted octanol–water partition coefficient (Wildman–Crippen LogP) is 2.06. The summed E-state index contributed by atoms with van der Waals surface area (Å²) in [5, 5.41) is 4.23. The summed E-state index contributed by atoms with van der Waals surface area (Å²) < 4.78 is 1.85. The number of likely N-dealkylation sites (tertiary alicyclic amines) is 1. The molecule has 1 fully saturated rings. The Bertz CT molecular complexity index is 672. The van der Waals surface area contributed by atoms with Crippen LogP contribution < -0.4 is 0 Å². The number of aromatic nitrogens is 4. The number of amides is 1. The van der Waals surface area contributed by atoms with Crippen molar-refractivity contribution in [2.45, 2.75) is 45.6 Å². The monoisotopic (exact) mass is 301 g/mol. The van der Waals surface area contributed by atoms with Crippen LogP contribution in [0.25, 0.3) is 0 Å².